The second-order valence-corrected chi connectivity index (χ2v) is 7.20. The van der Waals surface area contributed by atoms with E-state index < -0.39 is 10.0 Å². The molecule has 0 spiro atoms. The SMILES string of the molecule is C[C@@H]1CN(S(=O)(=O)CCC2CCC2)CCN1. The van der Waals surface area contributed by atoms with Crippen LogP contribution in [-0.4, -0.2) is 44.2 Å². The molecule has 1 atom stereocenters. The Balaban J connectivity index is 1.84. The van der Waals surface area contributed by atoms with Crippen LogP contribution < -0.4 is 5.32 Å². The lowest BCUT2D eigenvalue weighted by molar-refractivity contribution is 0.293. The first kappa shape index (κ1) is 12.3. The molecule has 0 radical (unpaired) electrons. The maximum absolute atomic E-state index is 12.1. The summed E-state index contributed by atoms with van der Waals surface area (Å²) in [4.78, 5) is 0. The van der Waals surface area contributed by atoms with Gasteiger partial charge in [-0.25, -0.2) is 8.42 Å². The van der Waals surface area contributed by atoms with Crippen molar-refractivity contribution in [2.24, 2.45) is 5.92 Å². The molecule has 1 aliphatic heterocycles. The van der Waals surface area contributed by atoms with E-state index in [1.807, 2.05) is 6.92 Å². The van der Waals surface area contributed by atoms with Crippen molar-refractivity contribution in [1.29, 1.82) is 0 Å². The van der Waals surface area contributed by atoms with Crippen LogP contribution in [0, 0.1) is 5.92 Å². The lowest BCUT2D eigenvalue weighted by atomic mass is 9.84. The smallest absolute Gasteiger partial charge is 0.214 e. The molecule has 1 N–H and O–H groups in total. The summed E-state index contributed by atoms with van der Waals surface area (Å²) in [7, 11) is -2.99. The summed E-state index contributed by atoms with van der Waals surface area (Å²) in [6.07, 6.45) is 4.61. The van der Waals surface area contributed by atoms with Crippen LogP contribution in [0.1, 0.15) is 32.6 Å². The van der Waals surface area contributed by atoms with Gasteiger partial charge in [0.15, 0.2) is 0 Å². The fraction of sp³-hybridized carbons (Fsp3) is 1.00. The van der Waals surface area contributed by atoms with E-state index in [4.69, 9.17) is 0 Å². The Labute approximate surface area is 98.4 Å². The van der Waals surface area contributed by atoms with Crippen LogP contribution in [0.4, 0.5) is 0 Å². The molecule has 1 aliphatic carbocycles. The van der Waals surface area contributed by atoms with Crippen molar-refractivity contribution < 1.29 is 8.42 Å². The van der Waals surface area contributed by atoms with Crippen LogP contribution in [0.3, 0.4) is 0 Å². The van der Waals surface area contributed by atoms with E-state index in [1.165, 1.54) is 19.3 Å². The van der Waals surface area contributed by atoms with Crippen molar-refractivity contribution in [2.75, 3.05) is 25.4 Å². The van der Waals surface area contributed by atoms with Gasteiger partial charge in [0.25, 0.3) is 0 Å². The molecule has 94 valence electrons. The van der Waals surface area contributed by atoms with E-state index >= 15 is 0 Å². The van der Waals surface area contributed by atoms with Gasteiger partial charge < -0.3 is 5.32 Å². The Kier molecular flexibility index (Phi) is 3.87. The predicted molar refractivity (Wildman–Crippen MR) is 64.8 cm³/mol. The van der Waals surface area contributed by atoms with Gasteiger partial charge in [0, 0.05) is 25.7 Å². The summed E-state index contributed by atoms with van der Waals surface area (Å²) in [5, 5.41) is 3.27. The van der Waals surface area contributed by atoms with E-state index in [-0.39, 0.29) is 6.04 Å². The normalized spacial score (nSPS) is 28.9. The Morgan fingerprint density at radius 3 is 2.69 bits per heavy atom. The van der Waals surface area contributed by atoms with Gasteiger partial charge in [-0.3, -0.25) is 0 Å². The molecule has 2 aliphatic rings. The van der Waals surface area contributed by atoms with Crippen LogP contribution in [-0.2, 0) is 10.0 Å². The van der Waals surface area contributed by atoms with E-state index in [1.54, 1.807) is 4.31 Å². The fourth-order valence-corrected chi connectivity index (χ4v) is 4.09. The van der Waals surface area contributed by atoms with Gasteiger partial charge in [-0.2, -0.15) is 4.31 Å². The zero-order valence-corrected chi connectivity index (χ0v) is 10.8. The molecule has 0 aromatic rings. The fourth-order valence-electron chi connectivity index (χ4n) is 2.38. The number of hydrogen-bond acceptors (Lipinski definition) is 3. The Morgan fingerprint density at radius 1 is 1.38 bits per heavy atom. The molecule has 2 rings (SSSR count). The van der Waals surface area contributed by atoms with Gasteiger partial charge in [0.2, 0.25) is 10.0 Å². The third-order valence-corrected chi connectivity index (χ3v) is 5.60. The van der Waals surface area contributed by atoms with Gasteiger partial charge in [0.05, 0.1) is 5.75 Å². The Hall–Kier alpha value is -0.130. The molecule has 4 nitrogen and oxygen atoms in total. The third-order valence-electron chi connectivity index (χ3n) is 3.73. The van der Waals surface area contributed by atoms with Crippen LogP contribution in [0.2, 0.25) is 0 Å². The molecule has 1 saturated heterocycles. The summed E-state index contributed by atoms with van der Waals surface area (Å²) in [6, 6.07) is 0.284. The summed E-state index contributed by atoms with van der Waals surface area (Å²) >= 11 is 0. The van der Waals surface area contributed by atoms with E-state index in [2.05, 4.69) is 5.32 Å². The van der Waals surface area contributed by atoms with Crippen molar-refractivity contribution in [3.63, 3.8) is 0 Å². The highest BCUT2D eigenvalue weighted by Gasteiger charge is 2.28. The summed E-state index contributed by atoms with van der Waals surface area (Å²) in [6.45, 7) is 4.09. The molecule has 5 heteroatoms. The average molecular weight is 246 g/mol. The van der Waals surface area contributed by atoms with Gasteiger partial charge in [-0.15, -0.1) is 0 Å². The van der Waals surface area contributed by atoms with Crippen molar-refractivity contribution in [3.05, 3.63) is 0 Å². The molecule has 0 aromatic carbocycles. The molecule has 1 heterocycles. The first-order chi connectivity index (χ1) is 7.58. The van der Waals surface area contributed by atoms with Crippen LogP contribution >= 0.6 is 0 Å². The minimum absolute atomic E-state index is 0.284. The van der Waals surface area contributed by atoms with Crippen LogP contribution in [0.15, 0.2) is 0 Å². The van der Waals surface area contributed by atoms with Crippen LogP contribution in [0.5, 0.6) is 0 Å². The molecule has 2 fully saturated rings. The molecule has 0 unspecified atom stereocenters. The zero-order valence-electron chi connectivity index (χ0n) is 9.98. The predicted octanol–water partition coefficient (Wildman–Crippen LogP) is 0.800. The van der Waals surface area contributed by atoms with Gasteiger partial charge in [-0.1, -0.05) is 19.3 Å². The molecule has 0 amide bonds. The first-order valence-electron chi connectivity index (χ1n) is 6.29. The van der Waals surface area contributed by atoms with E-state index in [9.17, 15) is 8.42 Å². The van der Waals surface area contributed by atoms with Gasteiger partial charge in [0.1, 0.15) is 0 Å². The Bertz CT molecular complexity index is 325. The highest BCUT2D eigenvalue weighted by Crippen LogP contribution is 2.30. The monoisotopic (exact) mass is 246 g/mol. The highest BCUT2D eigenvalue weighted by atomic mass is 32.2. The summed E-state index contributed by atoms with van der Waals surface area (Å²) < 4.78 is 25.8. The standard InChI is InChI=1S/C11H22N2O2S/c1-10-9-13(7-6-12-10)16(14,15)8-5-11-3-2-4-11/h10-12H,2-9H2,1H3/t10-/m1/s1. The minimum Gasteiger partial charge on any atom is -0.312 e. The third kappa shape index (κ3) is 2.96. The van der Waals surface area contributed by atoms with Gasteiger partial charge >= 0.3 is 0 Å². The molecular weight excluding hydrogens is 224 g/mol. The number of nitrogens with one attached hydrogen (secondary N) is 1. The number of rotatable bonds is 4. The lowest BCUT2D eigenvalue weighted by Crippen LogP contribution is -2.51. The average Bonchev–Trinajstić information content (AvgIpc) is 2.15. The molecular formula is C11H22N2O2S. The lowest BCUT2D eigenvalue weighted by Gasteiger charge is -2.32. The number of sulfonamides is 1. The molecule has 0 bridgehead atoms. The van der Waals surface area contributed by atoms with Crippen molar-refractivity contribution in [1.82, 2.24) is 9.62 Å². The van der Waals surface area contributed by atoms with Gasteiger partial charge in [-0.05, 0) is 19.3 Å². The Morgan fingerprint density at radius 2 is 2.12 bits per heavy atom. The van der Waals surface area contributed by atoms with E-state index in [0.717, 1.165) is 13.0 Å². The quantitative estimate of drug-likeness (QED) is 0.798. The van der Waals surface area contributed by atoms with Crippen molar-refractivity contribution in [3.8, 4) is 0 Å². The zero-order chi connectivity index (χ0) is 11.6. The largest absolute Gasteiger partial charge is 0.312 e. The summed E-state index contributed by atoms with van der Waals surface area (Å²) in [5.41, 5.74) is 0. The first-order valence-corrected chi connectivity index (χ1v) is 7.90. The number of hydrogen-bond donors (Lipinski definition) is 1. The second-order valence-electron chi connectivity index (χ2n) is 5.11. The topological polar surface area (TPSA) is 49.4 Å². The summed E-state index contributed by atoms with van der Waals surface area (Å²) in [5.74, 6) is 1.03. The number of piperazine rings is 1. The van der Waals surface area contributed by atoms with E-state index in [0.29, 0.717) is 24.8 Å². The molecule has 0 aromatic heterocycles. The van der Waals surface area contributed by atoms with Crippen molar-refractivity contribution >= 4 is 10.0 Å². The maximum Gasteiger partial charge on any atom is 0.214 e. The highest BCUT2D eigenvalue weighted by molar-refractivity contribution is 7.89. The minimum atomic E-state index is -2.99. The molecule has 16 heavy (non-hydrogen) atoms. The number of nitrogens with zero attached hydrogens (tertiary/aromatic N) is 1. The van der Waals surface area contributed by atoms with Crippen molar-refractivity contribution in [2.45, 2.75) is 38.6 Å². The van der Waals surface area contributed by atoms with Crippen LogP contribution in [0.25, 0.3) is 0 Å². The molecule has 1 saturated carbocycles. The maximum atomic E-state index is 12.1. The second kappa shape index (κ2) is 5.02.